The van der Waals surface area contributed by atoms with Crippen molar-refractivity contribution in [2.45, 2.75) is 19.8 Å². The maximum atomic E-state index is 11.7. The summed E-state index contributed by atoms with van der Waals surface area (Å²) in [5.41, 5.74) is 1.67. The molecule has 0 aliphatic rings. The van der Waals surface area contributed by atoms with Crippen molar-refractivity contribution >= 4 is 17.4 Å². The van der Waals surface area contributed by atoms with Crippen LogP contribution in [0.2, 0.25) is 5.02 Å². The number of halogens is 1. The summed E-state index contributed by atoms with van der Waals surface area (Å²) < 4.78 is 4.89. The molecule has 0 saturated heterocycles. The maximum Gasteiger partial charge on any atom is 0.164 e. The monoisotopic (exact) mass is 226 g/mol. The molecule has 0 saturated carbocycles. The zero-order valence-electron chi connectivity index (χ0n) is 9.05. The number of hydrogen-bond acceptors (Lipinski definition) is 2. The van der Waals surface area contributed by atoms with Crippen LogP contribution in [0, 0.1) is 6.92 Å². The number of Topliss-reactive ketones (excluding diaryl/α,β-unsaturated/α-hetero) is 1. The predicted octanol–water partition coefficient (Wildman–Crippen LogP) is 3.26. The van der Waals surface area contributed by atoms with E-state index >= 15 is 0 Å². The van der Waals surface area contributed by atoms with Gasteiger partial charge in [0.15, 0.2) is 5.78 Å². The van der Waals surface area contributed by atoms with Gasteiger partial charge in [-0.25, -0.2) is 0 Å². The molecule has 82 valence electrons. The Labute approximate surface area is 95.2 Å². The highest BCUT2D eigenvalue weighted by atomic mass is 35.5. The largest absolute Gasteiger partial charge is 0.385 e. The molecule has 0 aliphatic carbocycles. The van der Waals surface area contributed by atoms with E-state index in [1.807, 2.05) is 19.1 Å². The molecule has 0 spiro atoms. The van der Waals surface area contributed by atoms with Crippen LogP contribution in [0.3, 0.4) is 0 Å². The third kappa shape index (κ3) is 3.65. The fraction of sp³-hybridized carbons (Fsp3) is 0.417. The van der Waals surface area contributed by atoms with E-state index in [4.69, 9.17) is 16.3 Å². The van der Waals surface area contributed by atoms with E-state index in [0.29, 0.717) is 23.6 Å². The van der Waals surface area contributed by atoms with Gasteiger partial charge in [-0.05, 0) is 31.0 Å². The topological polar surface area (TPSA) is 26.3 Å². The van der Waals surface area contributed by atoms with E-state index in [1.165, 1.54) is 0 Å². The Balaban J connectivity index is 2.65. The first-order chi connectivity index (χ1) is 7.15. The number of methoxy groups -OCH3 is 1. The van der Waals surface area contributed by atoms with Crippen molar-refractivity contribution in [3.05, 3.63) is 34.3 Å². The number of hydrogen-bond donors (Lipinski definition) is 0. The molecule has 0 amide bonds. The zero-order chi connectivity index (χ0) is 11.3. The van der Waals surface area contributed by atoms with Crippen LogP contribution in [0.1, 0.15) is 28.8 Å². The van der Waals surface area contributed by atoms with Crippen LogP contribution in [0.25, 0.3) is 0 Å². The number of carbonyl (C=O) groups excluding carboxylic acids is 1. The van der Waals surface area contributed by atoms with Gasteiger partial charge in [0.05, 0.1) is 5.02 Å². The van der Waals surface area contributed by atoms with Gasteiger partial charge in [-0.15, -0.1) is 0 Å². The summed E-state index contributed by atoms with van der Waals surface area (Å²) >= 11 is 5.99. The van der Waals surface area contributed by atoms with Crippen LogP contribution in [-0.4, -0.2) is 19.5 Å². The van der Waals surface area contributed by atoms with Gasteiger partial charge in [0, 0.05) is 25.7 Å². The molecule has 0 unspecified atom stereocenters. The van der Waals surface area contributed by atoms with Crippen molar-refractivity contribution in [3.8, 4) is 0 Å². The number of aryl methyl sites for hydroxylation is 1. The molecular formula is C12H15ClO2. The van der Waals surface area contributed by atoms with Crippen LogP contribution in [-0.2, 0) is 4.74 Å². The molecule has 0 heterocycles. The van der Waals surface area contributed by atoms with E-state index in [0.717, 1.165) is 12.0 Å². The first-order valence-electron chi connectivity index (χ1n) is 4.93. The van der Waals surface area contributed by atoms with Crippen LogP contribution < -0.4 is 0 Å². The zero-order valence-corrected chi connectivity index (χ0v) is 9.80. The summed E-state index contributed by atoms with van der Waals surface area (Å²) in [5.74, 6) is 0.0806. The second-order valence-corrected chi connectivity index (χ2v) is 3.91. The van der Waals surface area contributed by atoms with Gasteiger partial charge in [0.2, 0.25) is 0 Å². The number of ether oxygens (including phenoxy) is 1. The Hall–Kier alpha value is -0.860. The van der Waals surface area contributed by atoms with E-state index < -0.39 is 0 Å². The molecule has 0 aliphatic heterocycles. The quantitative estimate of drug-likeness (QED) is 0.569. The molecule has 0 radical (unpaired) electrons. The Morgan fingerprint density at radius 3 is 2.80 bits per heavy atom. The highest BCUT2D eigenvalue weighted by Crippen LogP contribution is 2.19. The lowest BCUT2D eigenvalue weighted by Crippen LogP contribution is -2.02. The molecule has 1 aromatic carbocycles. The molecule has 0 atom stereocenters. The molecule has 0 N–H and O–H groups in total. The van der Waals surface area contributed by atoms with E-state index in [9.17, 15) is 4.79 Å². The normalized spacial score (nSPS) is 10.3. The molecule has 15 heavy (non-hydrogen) atoms. The van der Waals surface area contributed by atoms with Crippen molar-refractivity contribution in [2.75, 3.05) is 13.7 Å². The number of carbonyl (C=O) groups is 1. The van der Waals surface area contributed by atoms with Crippen LogP contribution in [0.15, 0.2) is 18.2 Å². The third-order valence-electron chi connectivity index (χ3n) is 2.18. The van der Waals surface area contributed by atoms with Gasteiger partial charge in [-0.3, -0.25) is 4.79 Å². The van der Waals surface area contributed by atoms with E-state index in [1.54, 1.807) is 13.2 Å². The molecule has 1 aromatic rings. The fourth-order valence-corrected chi connectivity index (χ4v) is 1.70. The molecule has 2 nitrogen and oxygen atoms in total. The molecular weight excluding hydrogens is 212 g/mol. The maximum absolute atomic E-state index is 11.7. The lowest BCUT2D eigenvalue weighted by Gasteiger charge is -2.04. The Bertz CT molecular complexity index is 347. The average molecular weight is 227 g/mol. The SMILES string of the molecule is COCCCC(=O)c1ccc(C)cc1Cl. The van der Waals surface area contributed by atoms with Crippen molar-refractivity contribution in [1.82, 2.24) is 0 Å². The van der Waals surface area contributed by atoms with Crippen LogP contribution in [0.4, 0.5) is 0 Å². The lowest BCUT2D eigenvalue weighted by molar-refractivity contribution is 0.0963. The van der Waals surface area contributed by atoms with Gasteiger partial charge in [0.25, 0.3) is 0 Å². The van der Waals surface area contributed by atoms with Crippen molar-refractivity contribution in [1.29, 1.82) is 0 Å². The first-order valence-corrected chi connectivity index (χ1v) is 5.31. The van der Waals surface area contributed by atoms with Crippen LogP contribution in [0.5, 0.6) is 0 Å². The van der Waals surface area contributed by atoms with Crippen molar-refractivity contribution in [3.63, 3.8) is 0 Å². The summed E-state index contributed by atoms with van der Waals surface area (Å²) in [6.45, 7) is 2.56. The minimum Gasteiger partial charge on any atom is -0.385 e. The molecule has 0 aromatic heterocycles. The summed E-state index contributed by atoms with van der Waals surface area (Å²) in [7, 11) is 1.63. The first kappa shape index (κ1) is 12.2. The Morgan fingerprint density at radius 1 is 1.47 bits per heavy atom. The molecule has 1 rings (SSSR count). The molecule has 0 bridgehead atoms. The van der Waals surface area contributed by atoms with Crippen molar-refractivity contribution < 1.29 is 9.53 Å². The molecule has 0 fully saturated rings. The second kappa shape index (κ2) is 5.89. The smallest absolute Gasteiger partial charge is 0.164 e. The summed E-state index contributed by atoms with van der Waals surface area (Å²) in [4.78, 5) is 11.7. The second-order valence-electron chi connectivity index (χ2n) is 3.50. The minimum absolute atomic E-state index is 0.0806. The van der Waals surface area contributed by atoms with Crippen molar-refractivity contribution in [2.24, 2.45) is 0 Å². The van der Waals surface area contributed by atoms with Crippen LogP contribution >= 0.6 is 11.6 Å². The number of rotatable bonds is 5. The lowest BCUT2D eigenvalue weighted by atomic mass is 10.1. The fourth-order valence-electron chi connectivity index (χ4n) is 1.36. The predicted molar refractivity (Wildman–Crippen MR) is 61.6 cm³/mol. The van der Waals surface area contributed by atoms with Gasteiger partial charge < -0.3 is 4.74 Å². The number of ketones is 1. The Kier molecular flexibility index (Phi) is 4.79. The highest BCUT2D eigenvalue weighted by Gasteiger charge is 2.09. The van der Waals surface area contributed by atoms with E-state index in [-0.39, 0.29) is 5.78 Å². The van der Waals surface area contributed by atoms with Gasteiger partial charge in [-0.2, -0.15) is 0 Å². The van der Waals surface area contributed by atoms with Gasteiger partial charge in [-0.1, -0.05) is 17.7 Å². The summed E-state index contributed by atoms with van der Waals surface area (Å²) in [6.07, 6.45) is 1.22. The average Bonchev–Trinajstić information content (AvgIpc) is 2.17. The summed E-state index contributed by atoms with van der Waals surface area (Å²) in [6, 6.07) is 5.49. The Morgan fingerprint density at radius 2 is 2.20 bits per heavy atom. The standard InChI is InChI=1S/C12H15ClO2/c1-9-5-6-10(11(13)8-9)12(14)4-3-7-15-2/h5-6,8H,3-4,7H2,1-2H3. The summed E-state index contributed by atoms with van der Waals surface area (Å²) in [5, 5.41) is 0.539. The van der Waals surface area contributed by atoms with E-state index in [2.05, 4.69) is 0 Å². The highest BCUT2D eigenvalue weighted by molar-refractivity contribution is 6.34. The third-order valence-corrected chi connectivity index (χ3v) is 2.49. The molecule has 3 heteroatoms. The van der Waals surface area contributed by atoms with Gasteiger partial charge in [0.1, 0.15) is 0 Å². The number of benzene rings is 1. The minimum atomic E-state index is 0.0806. The van der Waals surface area contributed by atoms with Gasteiger partial charge >= 0.3 is 0 Å².